The summed E-state index contributed by atoms with van der Waals surface area (Å²) in [6, 6.07) is 6.45. The van der Waals surface area contributed by atoms with E-state index < -0.39 is 12.0 Å². The molecule has 0 aromatic heterocycles. The smallest absolute Gasteiger partial charge is 0.335 e. The number of amides is 1. The van der Waals surface area contributed by atoms with Crippen LogP contribution in [0.25, 0.3) is 0 Å². The molecule has 0 saturated heterocycles. The predicted octanol–water partition coefficient (Wildman–Crippen LogP) is 2.95. The molecule has 0 bridgehead atoms. The molecule has 0 aliphatic heterocycles. The maximum absolute atomic E-state index is 12.3. The van der Waals surface area contributed by atoms with E-state index in [1.807, 2.05) is 6.07 Å². The molecule has 0 spiro atoms. The molecule has 6 nitrogen and oxygen atoms in total. The molecule has 2 fully saturated rings. The highest BCUT2D eigenvalue weighted by Crippen LogP contribution is 2.31. The van der Waals surface area contributed by atoms with Crippen molar-refractivity contribution in [2.75, 3.05) is 13.2 Å². The Morgan fingerprint density at radius 2 is 1.89 bits per heavy atom. The van der Waals surface area contributed by atoms with Gasteiger partial charge in [0.2, 0.25) is 5.91 Å². The van der Waals surface area contributed by atoms with Crippen molar-refractivity contribution in [2.24, 2.45) is 23.5 Å². The fourth-order valence-corrected chi connectivity index (χ4v) is 4.13. The van der Waals surface area contributed by atoms with Gasteiger partial charge in [0.05, 0.1) is 18.2 Å². The number of carboxylic acid groups (broad SMARTS) is 1. The Labute approximate surface area is 166 Å². The first-order valence-electron chi connectivity index (χ1n) is 10.5. The second-order valence-electron chi connectivity index (χ2n) is 8.37. The summed E-state index contributed by atoms with van der Waals surface area (Å²) in [5.41, 5.74) is 7.36. The van der Waals surface area contributed by atoms with Crippen molar-refractivity contribution in [3.8, 4) is 0 Å². The summed E-state index contributed by atoms with van der Waals surface area (Å²) in [5, 5.41) is 12.1. The van der Waals surface area contributed by atoms with Crippen LogP contribution in [0.5, 0.6) is 0 Å². The number of carbonyl (C=O) groups is 2. The lowest BCUT2D eigenvalue weighted by Gasteiger charge is -2.32. The molecule has 2 saturated carbocycles. The molecule has 2 aliphatic carbocycles. The number of hydrogen-bond acceptors (Lipinski definition) is 4. The fourth-order valence-electron chi connectivity index (χ4n) is 4.13. The first kappa shape index (κ1) is 20.8. The van der Waals surface area contributed by atoms with E-state index in [0.717, 1.165) is 37.8 Å². The van der Waals surface area contributed by atoms with Gasteiger partial charge in [-0.25, -0.2) is 4.79 Å². The molecule has 1 aromatic carbocycles. The van der Waals surface area contributed by atoms with Crippen LogP contribution in [0.4, 0.5) is 0 Å². The second-order valence-corrected chi connectivity index (χ2v) is 8.37. The van der Waals surface area contributed by atoms with E-state index in [2.05, 4.69) is 5.32 Å². The van der Waals surface area contributed by atoms with Crippen molar-refractivity contribution in [3.63, 3.8) is 0 Å². The Bertz CT molecular complexity index is 666. The van der Waals surface area contributed by atoms with Crippen molar-refractivity contribution in [3.05, 3.63) is 35.4 Å². The zero-order valence-corrected chi connectivity index (χ0v) is 16.4. The number of nitrogens with two attached hydrogens (primary N) is 1. The third-order valence-corrected chi connectivity index (χ3v) is 6.29. The van der Waals surface area contributed by atoms with E-state index in [1.165, 1.54) is 19.3 Å². The molecule has 28 heavy (non-hydrogen) atoms. The molecule has 1 atom stereocenters. The monoisotopic (exact) mass is 388 g/mol. The number of rotatable bonds is 9. The Hall–Kier alpha value is -1.92. The van der Waals surface area contributed by atoms with E-state index in [0.29, 0.717) is 25.0 Å². The summed E-state index contributed by atoms with van der Waals surface area (Å²) in [4.78, 5) is 23.3. The standard InChI is InChI=1S/C22H32N2O4/c23-20(21(25)24-12-15-3-1-4-15)18-9-7-16(8-10-18)13-28-14-17-5-2-6-19(11-17)22(26)27/h2,5-6,11,15-16,18,20H,1,3-4,7-10,12-14,23H2,(H,24,25)(H,26,27)/t16?,18?,20-/m0/s1. The molecule has 3 rings (SSSR count). The van der Waals surface area contributed by atoms with Crippen molar-refractivity contribution >= 4 is 11.9 Å². The zero-order valence-electron chi connectivity index (χ0n) is 16.4. The molecule has 0 radical (unpaired) electrons. The minimum atomic E-state index is -0.923. The van der Waals surface area contributed by atoms with E-state index in [4.69, 9.17) is 15.6 Å². The number of nitrogens with one attached hydrogen (secondary N) is 1. The van der Waals surface area contributed by atoms with Crippen molar-refractivity contribution in [1.29, 1.82) is 0 Å². The van der Waals surface area contributed by atoms with Crippen LogP contribution in [0.2, 0.25) is 0 Å². The van der Waals surface area contributed by atoms with E-state index in [9.17, 15) is 9.59 Å². The molecule has 6 heteroatoms. The molecular formula is C22H32N2O4. The maximum atomic E-state index is 12.3. The van der Waals surface area contributed by atoms with Crippen LogP contribution >= 0.6 is 0 Å². The van der Waals surface area contributed by atoms with Gasteiger partial charge in [-0.3, -0.25) is 4.79 Å². The number of carbonyl (C=O) groups excluding carboxylic acids is 1. The number of ether oxygens (including phenoxy) is 1. The summed E-state index contributed by atoms with van der Waals surface area (Å²) in [6.07, 6.45) is 7.68. The molecule has 2 aliphatic rings. The Kier molecular flexibility index (Phi) is 7.45. The second kappa shape index (κ2) is 10.0. The Morgan fingerprint density at radius 3 is 2.54 bits per heavy atom. The molecule has 1 aromatic rings. The van der Waals surface area contributed by atoms with Gasteiger partial charge in [0.15, 0.2) is 0 Å². The molecule has 0 heterocycles. The average molecular weight is 389 g/mol. The Balaban J connectivity index is 1.34. The van der Waals surface area contributed by atoms with Gasteiger partial charge >= 0.3 is 5.97 Å². The molecule has 4 N–H and O–H groups in total. The van der Waals surface area contributed by atoms with E-state index in [1.54, 1.807) is 18.2 Å². The van der Waals surface area contributed by atoms with Gasteiger partial charge < -0.3 is 20.9 Å². The number of aromatic carboxylic acids is 1. The molecule has 1 amide bonds. The van der Waals surface area contributed by atoms with Gasteiger partial charge in [-0.05, 0) is 74.0 Å². The van der Waals surface area contributed by atoms with Crippen LogP contribution in [0.3, 0.4) is 0 Å². The summed E-state index contributed by atoms with van der Waals surface area (Å²) >= 11 is 0. The summed E-state index contributed by atoms with van der Waals surface area (Å²) in [6.45, 7) is 1.86. The van der Waals surface area contributed by atoms with Crippen LogP contribution in [0, 0.1) is 17.8 Å². The molecule has 154 valence electrons. The first-order valence-corrected chi connectivity index (χ1v) is 10.5. The van der Waals surface area contributed by atoms with Crippen LogP contribution in [0.1, 0.15) is 60.9 Å². The minimum absolute atomic E-state index is 0.00455. The normalized spacial score (nSPS) is 23.6. The van der Waals surface area contributed by atoms with Gasteiger partial charge in [0, 0.05) is 13.2 Å². The number of benzene rings is 1. The highest BCUT2D eigenvalue weighted by atomic mass is 16.5. The lowest BCUT2D eigenvalue weighted by molar-refractivity contribution is -0.124. The van der Waals surface area contributed by atoms with Gasteiger partial charge in [0.25, 0.3) is 0 Å². The first-order chi connectivity index (χ1) is 13.5. The van der Waals surface area contributed by atoms with Crippen molar-refractivity contribution < 1.29 is 19.4 Å². The van der Waals surface area contributed by atoms with Crippen molar-refractivity contribution in [2.45, 2.75) is 57.6 Å². The lowest BCUT2D eigenvalue weighted by atomic mass is 9.78. The third-order valence-electron chi connectivity index (χ3n) is 6.29. The Morgan fingerprint density at radius 1 is 1.14 bits per heavy atom. The van der Waals surface area contributed by atoms with Crippen LogP contribution in [0.15, 0.2) is 24.3 Å². The summed E-state index contributed by atoms with van der Waals surface area (Å²) < 4.78 is 5.82. The SMILES string of the molecule is N[C@H](C(=O)NCC1CCC1)C1CCC(COCc2cccc(C(=O)O)c2)CC1. The van der Waals surface area contributed by atoms with Crippen LogP contribution < -0.4 is 11.1 Å². The fraction of sp³-hybridized carbons (Fsp3) is 0.636. The zero-order chi connectivity index (χ0) is 19.9. The average Bonchev–Trinajstić information content (AvgIpc) is 2.67. The lowest BCUT2D eigenvalue weighted by Crippen LogP contribution is -2.48. The maximum Gasteiger partial charge on any atom is 0.335 e. The highest BCUT2D eigenvalue weighted by Gasteiger charge is 2.30. The highest BCUT2D eigenvalue weighted by molar-refractivity contribution is 5.87. The third kappa shape index (κ3) is 5.79. The van der Waals surface area contributed by atoms with Crippen LogP contribution in [-0.2, 0) is 16.1 Å². The van der Waals surface area contributed by atoms with Crippen LogP contribution in [-0.4, -0.2) is 36.2 Å². The molecule has 0 unspecified atom stereocenters. The quantitative estimate of drug-likeness (QED) is 0.604. The number of carboxylic acids is 1. The van der Waals surface area contributed by atoms with E-state index in [-0.39, 0.29) is 17.4 Å². The van der Waals surface area contributed by atoms with E-state index >= 15 is 0 Å². The van der Waals surface area contributed by atoms with Crippen molar-refractivity contribution in [1.82, 2.24) is 5.32 Å². The van der Waals surface area contributed by atoms with Gasteiger partial charge in [0.1, 0.15) is 0 Å². The summed E-state index contributed by atoms with van der Waals surface area (Å²) in [5.74, 6) is 0.465. The predicted molar refractivity (Wildman–Crippen MR) is 107 cm³/mol. The van der Waals surface area contributed by atoms with Gasteiger partial charge in [-0.2, -0.15) is 0 Å². The topological polar surface area (TPSA) is 102 Å². The largest absolute Gasteiger partial charge is 0.478 e. The van der Waals surface area contributed by atoms with Gasteiger partial charge in [-0.1, -0.05) is 18.6 Å². The van der Waals surface area contributed by atoms with Gasteiger partial charge in [-0.15, -0.1) is 0 Å². The molecular weight excluding hydrogens is 356 g/mol. The summed E-state index contributed by atoms with van der Waals surface area (Å²) in [7, 11) is 0. The number of hydrogen-bond donors (Lipinski definition) is 3. The minimum Gasteiger partial charge on any atom is -0.478 e.